The average molecular weight is 477 g/mol. The summed E-state index contributed by atoms with van der Waals surface area (Å²) in [7, 11) is 0. The van der Waals surface area contributed by atoms with Crippen molar-refractivity contribution < 1.29 is 39.4 Å². The Morgan fingerprint density at radius 3 is 2.35 bits per heavy atom. The van der Waals surface area contributed by atoms with Crippen molar-refractivity contribution in [2.24, 2.45) is 5.73 Å². The van der Waals surface area contributed by atoms with Gasteiger partial charge in [0.2, 0.25) is 11.8 Å². The molecule has 1 rings (SSSR count). The van der Waals surface area contributed by atoms with Gasteiger partial charge in [-0.15, -0.1) is 6.42 Å². The van der Waals surface area contributed by atoms with Gasteiger partial charge < -0.3 is 26.6 Å². The molecular formula is C21H27N5O8. The minimum Gasteiger partial charge on any atom is -0.481 e. The van der Waals surface area contributed by atoms with Crippen LogP contribution in [0, 0.1) is 12.3 Å². The number of terminal acetylenes is 1. The van der Waals surface area contributed by atoms with Crippen molar-refractivity contribution in [3.8, 4) is 12.3 Å². The highest BCUT2D eigenvalue weighted by Gasteiger charge is 2.24. The van der Waals surface area contributed by atoms with E-state index in [1.807, 2.05) is 0 Å². The molecule has 0 aliphatic carbocycles. The van der Waals surface area contributed by atoms with Crippen molar-refractivity contribution in [1.29, 1.82) is 0 Å². The van der Waals surface area contributed by atoms with Crippen molar-refractivity contribution in [1.82, 2.24) is 15.6 Å². The van der Waals surface area contributed by atoms with E-state index in [9.17, 15) is 29.2 Å². The third-order valence-electron chi connectivity index (χ3n) is 4.49. The predicted molar refractivity (Wildman–Crippen MR) is 117 cm³/mol. The van der Waals surface area contributed by atoms with E-state index in [1.54, 1.807) is 0 Å². The van der Waals surface area contributed by atoms with Crippen molar-refractivity contribution in [3.63, 3.8) is 0 Å². The number of amides is 3. The van der Waals surface area contributed by atoms with E-state index >= 15 is 0 Å². The monoisotopic (exact) mass is 477 g/mol. The maximum Gasteiger partial charge on any atom is 0.305 e. The van der Waals surface area contributed by atoms with Crippen molar-refractivity contribution >= 4 is 35.3 Å². The third-order valence-corrected chi connectivity index (χ3v) is 4.49. The molecule has 1 heterocycles. The number of rotatable bonds is 14. The summed E-state index contributed by atoms with van der Waals surface area (Å²) in [5.74, 6) is -2.08. The fraction of sp³-hybridized carbons (Fsp3) is 0.429. The van der Waals surface area contributed by atoms with Crippen LogP contribution in [0.4, 0.5) is 5.69 Å². The molecule has 184 valence electrons. The summed E-state index contributed by atoms with van der Waals surface area (Å²) in [5.41, 5.74) is 5.97. The molecule has 0 spiro atoms. The average Bonchev–Trinajstić information content (AvgIpc) is 2.78. The molecule has 1 aromatic rings. The van der Waals surface area contributed by atoms with Crippen LogP contribution >= 0.6 is 0 Å². The minimum absolute atomic E-state index is 0.0444. The van der Waals surface area contributed by atoms with Crippen LogP contribution in [-0.4, -0.2) is 68.7 Å². The molecule has 13 nitrogen and oxygen atoms in total. The van der Waals surface area contributed by atoms with Gasteiger partial charge in [0.25, 0.3) is 5.91 Å². The molecule has 1 aromatic heterocycles. The Labute approximate surface area is 195 Å². The molecule has 13 heteroatoms. The number of aromatic nitrogens is 1. The Hall–Kier alpha value is -4.02. The fourth-order valence-corrected chi connectivity index (χ4v) is 2.71. The molecule has 0 aliphatic heterocycles. The Bertz CT molecular complexity index is 928. The second kappa shape index (κ2) is 14.2. The zero-order valence-electron chi connectivity index (χ0n) is 18.3. The van der Waals surface area contributed by atoms with Gasteiger partial charge in [-0.2, -0.15) is 5.06 Å². The maximum atomic E-state index is 12.4. The summed E-state index contributed by atoms with van der Waals surface area (Å²) < 4.78 is 0. The fourth-order valence-electron chi connectivity index (χ4n) is 2.71. The Morgan fingerprint density at radius 1 is 1.09 bits per heavy atom. The van der Waals surface area contributed by atoms with Gasteiger partial charge in [-0.1, -0.05) is 5.92 Å². The summed E-state index contributed by atoms with van der Waals surface area (Å²) in [6, 6.07) is 0.819. The van der Waals surface area contributed by atoms with Crippen LogP contribution in [0.5, 0.6) is 0 Å². The highest BCUT2D eigenvalue weighted by atomic mass is 16.5. The van der Waals surface area contributed by atoms with Gasteiger partial charge in [-0.3, -0.25) is 29.2 Å². The van der Waals surface area contributed by atoms with Gasteiger partial charge in [-0.25, -0.2) is 4.98 Å². The topological polar surface area (TPSA) is 212 Å². The maximum absolute atomic E-state index is 12.4. The van der Waals surface area contributed by atoms with Crippen LogP contribution in [0.1, 0.15) is 44.2 Å². The minimum atomic E-state index is -1.21. The first-order valence-corrected chi connectivity index (χ1v) is 10.2. The van der Waals surface area contributed by atoms with Gasteiger partial charge in [0.1, 0.15) is 11.7 Å². The van der Waals surface area contributed by atoms with Crippen molar-refractivity contribution in [2.75, 3.05) is 11.6 Å². The molecule has 3 amide bonds. The second-order valence-corrected chi connectivity index (χ2v) is 7.24. The first-order valence-electron chi connectivity index (χ1n) is 10.2. The van der Waals surface area contributed by atoms with Gasteiger partial charge in [0.15, 0.2) is 0 Å². The Balaban J connectivity index is 2.74. The smallest absolute Gasteiger partial charge is 0.305 e. The summed E-state index contributed by atoms with van der Waals surface area (Å²) in [6.07, 6.45) is 5.03. The standard InChI is InChI=1S/C21H27N5O8/c1-2-14-4-5-15(12-24-14)26(34)18(28)8-6-16(21(33)23-10-9-19(29)30)25-17(27)7-3-13(22)11-20(31)32/h1,4-5,12-13,16,34H,3,6-11,22H2,(H,23,33)(H,25,27)(H,29,30)(H,31,32)/t13?,16-/m0/s1. The molecule has 0 fully saturated rings. The van der Waals surface area contributed by atoms with Crippen molar-refractivity contribution in [2.45, 2.75) is 50.6 Å². The number of hydrogen-bond donors (Lipinski definition) is 6. The SMILES string of the molecule is C#Cc1ccc(N(O)C(=O)CC[C@H](NC(=O)CCC(N)CC(=O)O)C(=O)NCCC(=O)O)cn1. The van der Waals surface area contributed by atoms with Gasteiger partial charge in [0.05, 0.1) is 24.7 Å². The highest BCUT2D eigenvalue weighted by molar-refractivity contribution is 5.92. The molecule has 0 radical (unpaired) electrons. The summed E-state index contributed by atoms with van der Waals surface area (Å²) in [4.78, 5) is 62.2. The largest absolute Gasteiger partial charge is 0.481 e. The lowest BCUT2D eigenvalue weighted by molar-refractivity contribution is -0.138. The molecule has 0 aliphatic rings. The van der Waals surface area contributed by atoms with Crippen LogP contribution < -0.4 is 21.4 Å². The molecule has 0 saturated carbocycles. The number of aliphatic carboxylic acids is 2. The van der Waals surface area contributed by atoms with E-state index in [0.717, 1.165) is 0 Å². The zero-order chi connectivity index (χ0) is 25.7. The number of pyridine rings is 1. The number of nitrogens with two attached hydrogens (primary N) is 1. The van der Waals surface area contributed by atoms with E-state index in [2.05, 4.69) is 21.5 Å². The van der Waals surface area contributed by atoms with Crippen LogP contribution in [0.15, 0.2) is 18.3 Å². The van der Waals surface area contributed by atoms with E-state index in [1.165, 1.54) is 18.3 Å². The summed E-state index contributed by atoms with van der Waals surface area (Å²) >= 11 is 0. The first-order chi connectivity index (χ1) is 16.0. The molecule has 1 unspecified atom stereocenters. The number of carboxylic acids is 2. The molecule has 7 N–H and O–H groups in total. The van der Waals surface area contributed by atoms with Gasteiger partial charge >= 0.3 is 11.9 Å². The van der Waals surface area contributed by atoms with Crippen LogP contribution in [-0.2, 0) is 24.0 Å². The molecule has 0 aromatic carbocycles. The molecule has 2 atom stereocenters. The summed E-state index contributed by atoms with van der Waals surface area (Å²) in [5, 5.41) is 32.6. The number of hydrogen-bond acceptors (Lipinski definition) is 8. The van der Waals surface area contributed by atoms with Crippen LogP contribution in [0.3, 0.4) is 0 Å². The normalized spacial score (nSPS) is 12.0. The van der Waals surface area contributed by atoms with Gasteiger partial charge in [0, 0.05) is 25.4 Å². The van der Waals surface area contributed by atoms with Gasteiger partial charge in [-0.05, 0) is 25.0 Å². The Morgan fingerprint density at radius 2 is 1.79 bits per heavy atom. The molecule has 0 saturated heterocycles. The number of nitrogens with zero attached hydrogens (tertiary/aromatic N) is 2. The lowest BCUT2D eigenvalue weighted by Crippen LogP contribution is -2.48. The quantitative estimate of drug-likeness (QED) is 0.112. The third kappa shape index (κ3) is 10.5. The van der Waals surface area contributed by atoms with Crippen molar-refractivity contribution in [3.05, 3.63) is 24.0 Å². The highest BCUT2D eigenvalue weighted by Crippen LogP contribution is 2.13. The molecule has 0 bridgehead atoms. The van der Waals surface area contributed by atoms with E-state index < -0.39 is 41.7 Å². The number of carboxylic acid groups (broad SMARTS) is 2. The lowest BCUT2D eigenvalue weighted by atomic mass is 10.1. The van der Waals surface area contributed by atoms with E-state index in [0.29, 0.717) is 10.8 Å². The number of carbonyl (C=O) groups is 5. The number of nitrogens with one attached hydrogen (secondary N) is 2. The Kier molecular flexibility index (Phi) is 11.7. The summed E-state index contributed by atoms with van der Waals surface area (Å²) in [6.45, 7) is -0.197. The first kappa shape index (κ1) is 28.0. The molecule has 34 heavy (non-hydrogen) atoms. The lowest BCUT2D eigenvalue weighted by Gasteiger charge is -2.20. The second-order valence-electron chi connectivity index (χ2n) is 7.24. The predicted octanol–water partition coefficient (Wildman–Crippen LogP) is -0.777. The van der Waals surface area contributed by atoms with E-state index in [-0.39, 0.29) is 50.8 Å². The molecular weight excluding hydrogens is 450 g/mol. The van der Waals surface area contributed by atoms with Crippen LogP contribution in [0.25, 0.3) is 0 Å². The van der Waals surface area contributed by atoms with E-state index in [4.69, 9.17) is 22.4 Å². The zero-order valence-corrected chi connectivity index (χ0v) is 18.3. The van der Waals surface area contributed by atoms with Crippen LogP contribution in [0.2, 0.25) is 0 Å². The number of anilines is 1. The number of carbonyl (C=O) groups excluding carboxylic acids is 3. The number of hydroxylamine groups is 1.